The summed E-state index contributed by atoms with van der Waals surface area (Å²) < 4.78 is 0. The quantitative estimate of drug-likeness (QED) is 0.818. The fraction of sp³-hybridized carbons (Fsp3) is 0.333. The molecule has 2 aromatic heterocycles. The van der Waals surface area contributed by atoms with Crippen molar-refractivity contribution in [3.05, 3.63) is 45.2 Å². The van der Waals surface area contributed by atoms with E-state index in [-0.39, 0.29) is 5.91 Å². The van der Waals surface area contributed by atoms with Crippen molar-refractivity contribution in [3.63, 3.8) is 0 Å². The van der Waals surface area contributed by atoms with Crippen LogP contribution in [0.1, 0.15) is 29.3 Å². The van der Waals surface area contributed by atoms with Crippen LogP contribution in [-0.2, 0) is 6.42 Å². The fourth-order valence-corrected chi connectivity index (χ4v) is 2.73. The monoisotopic (exact) mass is 323 g/mol. The van der Waals surface area contributed by atoms with Crippen molar-refractivity contribution in [2.45, 2.75) is 19.8 Å². The average molecular weight is 324 g/mol. The Balaban J connectivity index is 1.88. The molecular weight excluding hydrogens is 306 g/mol. The Kier molecular flexibility index (Phi) is 6.02. The summed E-state index contributed by atoms with van der Waals surface area (Å²) in [5.74, 6) is 0.468. The van der Waals surface area contributed by atoms with E-state index < -0.39 is 0 Å². The standard InChI is InChI=1S/C15H18ClN3OS/c1-2-5-17-14-13(16)8-12(9-19-14)15(20)18-6-3-11-4-7-21-10-11/h4,7-10H,2-3,5-6H2,1H3,(H,17,19)(H,18,20). The van der Waals surface area contributed by atoms with Crippen LogP contribution in [0, 0.1) is 0 Å². The molecule has 0 aliphatic rings. The van der Waals surface area contributed by atoms with Crippen LogP contribution in [0.15, 0.2) is 29.1 Å². The minimum absolute atomic E-state index is 0.151. The second kappa shape index (κ2) is 8.00. The Labute approximate surface area is 133 Å². The molecule has 0 aromatic carbocycles. The molecule has 6 heteroatoms. The van der Waals surface area contributed by atoms with Crippen molar-refractivity contribution in [2.75, 3.05) is 18.4 Å². The number of hydrogen-bond acceptors (Lipinski definition) is 4. The number of hydrogen-bond donors (Lipinski definition) is 2. The maximum atomic E-state index is 12.0. The normalized spacial score (nSPS) is 10.4. The molecule has 2 N–H and O–H groups in total. The second-order valence-electron chi connectivity index (χ2n) is 4.62. The Morgan fingerprint density at radius 1 is 1.43 bits per heavy atom. The van der Waals surface area contributed by atoms with Crippen LogP contribution in [0.3, 0.4) is 0 Å². The molecule has 0 aliphatic heterocycles. The lowest BCUT2D eigenvalue weighted by Crippen LogP contribution is -2.25. The third kappa shape index (κ3) is 4.72. The Hall–Kier alpha value is -1.59. The van der Waals surface area contributed by atoms with Crippen molar-refractivity contribution in [1.29, 1.82) is 0 Å². The van der Waals surface area contributed by atoms with Gasteiger partial charge in [0.2, 0.25) is 0 Å². The average Bonchev–Trinajstić information content (AvgIpc) is 2.99. The van der Waals surface area contributed by atoms with Crippen LogP contribution in [0.25, 0.3) is 0 Å². The molecule has 0 saturated carbocycles. The van der Waals surface area contributed by atoms with Gasteiger partial charge in [-0.3, -0.25) is 4.79 Å². The van der Waals surface area contributed by atoms with E-state index in [0.29, 0.717) is 22.9 Å². The summed E-state index contributed by atoms with van der Waals surface area (Å²) >= 11 is 7.78. The highest BCUT2D eigenvalue weighted by Gasteiger charge is 2.09. The van der Waals surface area contributed by atoms with Crippen molar-refractivity contribution < 1.29 is 4.79 Å². The minimum atomic E-state index is -0.151. The van der Waals surface area contributed by atoms with E-state index >= 15 is 0 Å². The molecule has 0 saturated heterocycles. The Morgan fingerprint density at radius 3 is 2.95 bits per heavy atom. The van der Waals surface area contributed by atoms with Gasteiger partial charge in [-0.05, 0) is 41.3 Å². The first-order valence-electron chi connectivity index (χ1n) is 6.89. The summed E-state index contributed by atoms with van der Waals surface area (Å²) in [6.07, 6.45) is 3.36. The van der Waals surface area contributed by atoms with Gasteiger partial charge in [0.05, 0.1) is 10.6 Å². The number of pyridine rings is 1. The minimum Gasteiger partial charge on any atom is -0.369 e. The number of halogens is 1. The SMILES string of the molecule is CCCNc1ncc(C(=O)NCCc2ccsc2)cc1Cl. The summed E-state index contributed by atoms with van der Waals surface area (Å²) in [7, 11) is 0. The van der Waals surface area contributed by atoms with E-state index in [9.17, 15) is 4.79 Å². The lowest BCUT2D eigenvalue weighted by Gasteiger charge is -2.08. The molecule has 2 heterocycles. The number of aromatic nitrogens is 1. The highest BCUT2D eigenvalue weighted by atomic mass is 35.5. The van der Waals surface area contributed by atoms with E-state index in [0.717, 1.165) is 19.4 Å². The van der Waals surface area contributed by atoms with Gasteiger partial charge in [-0.25, -0.2) is 4.98 Å². The molecule has 2 rings (SSSR count). The number of nitrogens with one attached hydrogen (secondary N) is 2. The largest absolute Gasteiger partial charge is 0.369 e. The van der Waals surface area contributed by atoms with Crippen molar-refractivity contribution in [3.8, 4) is 0 Å². The summed E-state index contributed by atoms with van der Waals surface area (Å²) in [6, 6.07) is 3.70. The number of carbonyl (C=O) groups is 1. The molecule has 0 aliphatic carbocycles. The third-order valence-electron chi connectivity index (χ3n) is 2.93. The Bertz CT molecular complexity index is 587. The predicted octanol–water partition coefficient (Wildman–Crippen LogP) is 3.59. The predicted molar refractivity (Wildman–Crippen MR) is 88.4 cm³/mol. The number of anilines is 1. The van der Waals surface area contributed by atoms with E-state index in [1.165, 1.54) is 5.56 Å². The van der Waals surface area contributed by atoms with Crippen LogP contribution in [0.2, 0.25) is 5.02 Å². The van der Waals surface area contributed by atoms with Gasteiger partial charge in [0, 0.05) is 19.3 Å². The van der Waals surface area contributed by atoms with Gasteiger partial charge in [-0.1, -0.05) is 18.5 Å². The zero-order valence-electron chi connectivity index (χ0n) is 11.9. The number of rotatable bonds is 7. The highest BCUT2D eigenvalue weighted by molar-refractivity contribution is 7.07. The second-order valence-corrected chi connectivity index (χ2v) is 5.81. The van der Waals surface area contributed by atoms with Gasteiger partial charge in [0.1, 0.15) is 5.82 Å². The van der Waals surface area contributed by atoms with Crippen LogP contribution < -0.4 is 10.6 Å². The summed E-state index contributed by atoms with van der Waals surface area (Å²) in [4.78, 5) is 16.2. The molecule has 0 fully saturated rings. The van der Waals surface area contributed by atoms with Gasteiger partial charge in [-0.15, -0.1) is 0 Å². The highest BCUT2D eigenvalue weighted by Crippen LogP contribution is 2.20. The first-order valence-corrected chi connectivity index (χ1v) is 8.21. The molecule has 1 amide bonds. The first kappa shape index (κ1) is 15.8. The molecule has 0 radical (unpaired) electrons. The molecule has 0 atom stereocenters. The number of thiophene rings is 1. The summed E-state index contributed by atoms with van der Waals surface area (Å²) in [5, 5.41) is 10.6. The number of nitrogens with zero attached hydrogens (tertiary/aromatic N) is 1. The van der Waals surface area contributed by atoms with Gasteiger partial charge < -0.3 is 10.6 Å². The summed E-state index contributed by atoms with van der Waals surface area (Å²) in [6.45, 7) is 3.47. The molecule has 0 spiro atoms. The van der Waals surface area contributed by atoms with Gasteiger partial charge in [0.15, 0.2) is 0 Å². The molecule has 21 heavy (non-hydrogen) atoms. The van der Waals surface area contributed by atoms with Crippen LogP contribution in [0.5, 0.6) is 0 Å². The maximum absolute atomic E-state index is 12.0. The smallest absolute Gasteiger partial charge is 0.252 e. The van der Waals surface area contributed by atoms with Gasteiger partial charge in [0.25, 0.3) is 5.91 Å². The molecular formula is C15H18ClN3OS. The molecule has 0 unspecified atom stereocenters. The van der Waals surface area contributed by atoms with E-state index in [1.807, 2.05) is 5.38 Å². The maximum Gasteiger partial charge on any atom is 0.252 e. The number of amides is 1. The van der Waals surface area contributed by atoms with Gasteiger partial charge in [-0.2, -0.15) is 11.3 Å². The zero-order valence-corrected chi connectivity index (χ0v) is 13.4. The van der Waals surface area contributed by atoms with E-state index in [1.54, 1.807) is 23.6 Å². The van der Waals surface area contributed by atoms with Crippen molar-refractivity contribution in [2.24, 2.45) is 0 Å². The van der Waals surface area contributed by atoms with E-state index in [2.05, 4.69) is 34.0 Å². The number of carbonyl (C=O) groups excluding carboxylic acids is 1. The van der Waals surface area contributed by atoms with Crippen LogP contribution in [-0.4, -0.2) is 24.0 Å². The van der Waals surface area contributed by atoms with Crippen molar-refractivity contribution >= 4 is 34.7 Å². The zero-order chi connectivity index (χ0) is 15.1. The summed E-state index contributed by atoms with van der Waals surface area (Å²) in [5.41, 5.74) is 1.71. The van der Waals surface area contributed by atoms with Gasteiger partial charge >= 0.3 is 0 Å². The molecule has 2 aromatic rings. The first-order chi connectivity index (χ1) is 10.2. The Morgan fingerprint density at radius 2 is 2.29 bits per heavy atom. The third-order valence-corrected chi connectivity index (χ3v) is 3.95. The molecule has 0 bridgehead atoms. The molecule has 112 valence electrons. The van der Waals surface area contributed by atoms with E-state index in [4.69, 9.17) is 11.6 Å². The molecule has 4 nitrogen and oxygen atoms in total. The van der Waals surface area contributed by atoms with Crippen LogP contribution in [0.4, 0.5) is 5.82 Å². The lowest BCUT2D eigenvalue weighted by molar-refractivity contribution is 0.0954. The fourth-order valence-electron chi connectivity index (χ4n) is 1.79. The van der Waals surface area contributed by atoms with Crippen molar-refractivity contribution in [1.82, 2.24) is 10.3 Å². The van der Waals surface area contributed by atoms with Crippen LogP contribution >= 0.6 is 22.9 Å². The lowest BCUT2D eigenvalue weighted by atomic mass is 10.2. The topological polar surface area (TPSA) is 54.0 Å².